The molecule has 0 bridgehead atoms. The molecule has 0 nitrogen and oxygen atoms in total. The summed E-state index contributed by atoms with van der Waals surface area (Å²) in [7, 11) is 0. The monoisotopic (exact) mass is 346 g/mol. The smallest absolute Gasteiger partial charge is 1.00 e. The molecular formula is C23H22Ti. The zero-order chi connectivity index (χ0) is 15.9. The second-order valence-corrected chi connectivity index (χ2v) is 5.57. The van der Waals surface area contributed by atoms with Gasteiger partial charge in [0, 0.05) is 0 Å². The Bertz CT molecular complexity index is 762. The van der Waals surface area contributed by atoms with Crippen LogP contribution in [0.5, 0.6) is 0 Å². The molecule has 0 saturated carbocycles. The molecule has 2 aromatic carbocycles. The van der Waals surface area contributed by atoms with E-state index >= 15 is 0 Å². The molecule has 0 unspecified atom stereocenters. The summed E-state index contributed by atoms with van der Waals surface area (Å²) >= 11 is 0. The average Bonchev–Trinajstić information content (AvgIpc) is 3.29. The van der Waals surface area contributed by atoms with Crippen LogP contribution in [0.4, 0.5) is 0 Å². The maximum Gasteiger partial charge on any atom is 4.00 e. The maximum atomic E-state index is 3.46. The minimum absolute atomic E-state index is 0. The Morgan fingerprint density at radius 1 is 0.875 bits per heavy atom. The maximum absolute atomic E-state index is 3.46. The van der Waals surface area contributed by atoms with Crippen LogP contribution >= 0.6 is 0 Å². The minimum atomic E-state index is 0. The average molecular weight is 346 g/mol. The molecule has 0 aliphatic heterocycles. The first-order chi connectivity index (χ1) is 11.4. The van der Waals surface area contributed by atoms with Crippen LogP contribution in [0.1, 0.15) is 33.7 Å². The van der Waals surface area contributed by atoms with E-state index in [1.165, 1.54) is 27.8 Å². The first-order valence-corrected chi connectivity index (χ1v) is 8.00. The number of hydrogen-bond acceptors (Lipinski definition) is 0. The molecule has 2 aliphatic rings. The van der Waals surface area contributed by atoms with Crippen molar-refractivity contribution in [2.24, 2.45) is 0 Å². The second-order valence-electron chi connectivity index (χ2n) is 5.57. The van der Waals surface area contributed by atoms with Gasteiger partial charge in [-0.15, -0.1) is 18.4 Å². The van der Waals surface area contributed by atoms with Crippen molar-refractivity contribution < 1.29 is 24.6 Å². The number of hydrogen-bond donors (Lipinski definition) is 0. The molecule has 2 aromatic rings. The second kappa shape index (κ2) is 9.42. The normalized spacial score (nSPS) is 14.8. The molecule has 0 fully saturated rings. The minimum Gasteiger partial charge on any atom is -1.00 e. The summed E-state index contributed by atoms with van der Waals surface area (Å²) in [5.41, 5.74) is 6.60. The molecule has 0 heterocycles. The van der Waals surface area contributed by atoms with Crippen LogP contribution in [0.3, 0.4) is 0 Å². The Labute approximate surface area is 163 Å². The van der Waals surface area contributed by atoms with Gasteiger partial charge in [0.25, 0.3) is 0 Å². The molecule has 0 radical (unpaired) electrons. The van der Waals surface area contributed by atoms with Gasteiger partial charge in [-0.1, -0.05) is 73.2 Å². The molecule has 118 valence electrons. The van der Waals surface area contributed by atoms with Gasteiger partial charge in [0.05, 0.1) is 0 Å². The van der Waals surface area contributed by atoms with E-state index in [-0.39, 0.29) is 24.6 Å². The quantitative estimate of drug-likeness (QED) is 0.443. The Morgan fingerprint density at radius 3 is 2.00 bits per heavy atom. The number of rotatable bonds is 2. The SMILES string of the molecule is CC1=[C-]CC(c2ccccc2)=C1c1ccccc1.[C-]1=CC=CC1.[H-].[H-].[Ti+4]. The van der Waals surface area contributed by atoms with E-state index in [0.717, 1.165) is 12.8 Å². The Hall–Kier alpha value is -1.89. The van der Waals surface area contributed by atoms with Gasteiger partial charge in [-0.2, -0.15) is 11.6 Å². The van der Waals surface area contributed by atoms with E-state index in [1.54, 1.807) is 0 Å². The van der Waals surface area contributed by atoms with Crippen molar-refractivity contribution in [1.29, 1.82) is 0 Å². The van der Waals surface area contributed by atoms with E-state index < -0.39 is 0 Å². The first-order valence-electron chi connectivity index (χ1n) is 8.00. The van der Waals surface area contributed by atoms with Gasteiger partial charge in [0.15, 0.2) is 0 Å². The van der Waals surface area contributed by atoms with Crippen LogP contribution in [0, 0.1) is 12.2 Å². The van der Waals surface area contributed by atoms with E-state index in [9.17, 15) is 0 Å². The first kappa shape index (κ1) is 18.5. The molecule has 0 atom stereocenters. The molecule has 4 rings (SSSR count). The fourth-order valence-electron chi connectivity index (χ4n) is 2.85. The van der Waals surface area contributed by atoms with Crippen LogP contribution < -0.4 is 0 Å². The van der Waals surface area contributed by atoms with Crippen molar-refractivity contribution >= 4 is 11.1 Å². The van der Waals surface area contributed by atoms with E-state index in [1.807, 2.05) is 12.2 Å². The number of allylic oxidation sites excluding steroid dienone is 8. The molecule has 0 aromatic heterocycles. The molecule has 0 amide bonds. The van der Waals surface area contributed by atoms with Crippen molar-refractivity contribution in [3.8, 4) is 0 Å². The van der Waals surface area contributed by atoms with Crippen LogP contribution in [0.2, 0.25) is 0 Å². The predicted molar refractivity (Wildman–Crippen MR) is 101 cm³/mol. The van der Waals surface area contributed by atoms with Gasteiger partial charge in [-0.3, -0.25) is 12.2 Å². The zero-order valence-electron chi connectivity index (χ0n) is 15.9. The third kappa shape index (κ3) is 4.57. The summed E-state index contributed by atoms with van der Waals surface area (Å²) < 4.78 is 0. The summed E-state index contributed by atoms with van der Waals surface area (Å²) in [5, 5.41) is 0. The summed E-state index contributed by atoms with van der Waals surface area (Å²) in [4.78, 5) is 0. The van der Waals surface area contributed by atoms with Crippen molar-refractivity contribution in [3.63, 3.8) is 0 Å². The molecular weight excluding hydrogens is 324 g/mol. The zero-order valence-corrected chi connectivity index (χ0v) is 15.5. The number of benzene rings is 2. The third-order valence-electron chi connectivity index (χ3n) is 3.98. The topological polar surface area (TPSA) is 0 Å². The van der Waals surface area contributed by atoms with Crippen LogP contribution in [0.25, 0.3) is 11.1 Å². The van der Waals surface area contributed by atoms with E-state index in [4.69, 9.17) is 0 Å². The predicted octanol–water partition coefficient (Wildman–Crippen LogP) is 6.28. The standard InChI is InChI=1S/C18H15.C5H5.Ti.2H/c1-14-12-13-17(15-8-4-2-5-9-15)18(14)16-10-6-3-7-11-16;1-2-4-5-3-1;;;/h2-11H,13H2,1H3;1-3H,4H2;;;/q2*-1;+4;2*-1. The largest absolute Gasteiger partial charge is 4.00 e. The fraction of sp³-hybridized carbons (Fsp3) is 0.130. The molecule has 1 heteroatoms. The van der Waals surface area contributed by atoms with Gasteiger partial charge in [-0.25, -0.2) is 17.7 Å². The Kier molecular flexibility index (Phi) is 7.24. The van der Waals surface area contributed by atoms with Crippen molar-refractivity contribution in [1.82, 2.24) is 0 Å². The van der Waals surface area contributed by atoms with Gasteiger partial charge >= 0.3 is 21.7 Å². The Balaban J connectivity index is 0.000000685. The molecule has 0 spiro atoms. The van der Waals surface area contributed by atoms with Crippen molar-refractivity contribution in [2.75, 3.05) is 0 Å². The Morgan fingerprint density at radius 2 is 1.50 bits per heavy atom. The third-order valence-corrected chi connectivity index (χ3v) is 3.98. The molecule has 24 heavy (non-hydrogen) atoms. The van der Waals surface area contributed by atoms with Crippen molar-refractivity contribution in [2.45, 2.75) is 19.8 Å². The summed E-state index contributed by atoms with van der Waals surface area (Å²) in [6.45, 7) is 2.15. The van der Waals surface area contributed by atoms with E-state index in [0.29, 0.717) is 0 Å². The molecule has 0 saturated heterocycles. The van der Waals surface area contributed by atoms with Gasteiger partial charge in [-0.05, 0) is 5.56 Å². The van der Waals surface area contributed by atoms with Gasteiger partial charge in [0.1, 0.15) is 0 Å². The summed E-state index contributed by atoms with van der Waals surface area (Å²) in [5.74, 6) is 0. The van der Waals surface area contributed by atoms with Gasteiger partial charge in [0.2, 0.25) is 0 Å². The van der Waals surface area contributed by atoms with E-state index in [2.05, 4.69) is 85.8 Å². The van der Waals surface area contributed by atoms with Crippen molar-refractivity contribution in [3.05, 3.63) is 108 Å². The molecule has 2 aliphatic carbocycles. The summed E-state index contributed by atoms with van der Waals surface area (Å²) in [6.07, 6.45) is 14.4. The fourth-order valence-corrected chi connectivity index (χ4v) is 2.85. The summed E-state index contributed by atoms with van der Waals surface area (Å²) in [6, 6.07) is 21.2. The van der Waals surface area contributed by atoms with Gasteiger partial charge < -0.3 is 2.85 Å². The van der Waals surface area contributed by atoms with Crippen LogP contribution in [-0.4, -0.2) is 0 Å². The molecule has 0 N–H and O–H groups in total. The van der Waals surface area contributed by atoms with Crippen LogP contribution in [-0.2, 0) is 21.7 Å². The van der Waals surface area contributed by atoms with Crippen LogP contribution in [0.15, 0.2) is 84.5 Å².